The Hall–Kier alpha value is -7.99. The molecule has 18 nitrogen and oxygen atoms in total. The van der Waals surface area contributed by atoms with Crippen LogP contribution in [0, 0.1) is 20.2 Å². The lowest BCUT2D eigenvalue weighted by atomic mass is 9.77. The number of hydrogen-bond donors (Lipinski definition) is 0. The molecule has 0 radical (unpaired) electrons. The Labute approximate surface area is 395 Å². The van der Waals surface area contributed by atoms with Crippen molar-refractivity contribution in [3.05, 3.63) is 199 Å². The van der Waals surface area contributed by atoms with E-state index in [1.807, 2.05) is 115 Å². The number of aryl methyl sites for hydroxylation is 1. The van der Waals surface area contributed by atoms with Crippen LogP contribution in [0.3, 0.4) is 0 Å². The number of unbranched alkanes of at least 4 members (excludes halogenated alkanes) is 1. The highest BCUT2D eigenvalue weighted by Gasteiger charge is 2.42. The molecule has 2 atom stereocenters. The molecule has 0 saturated heterocycles. The van der Waals surface area contributed by atoms with Gasteiger partial charge in [0.25, 0.3) is 10.2 Å². The van der Waals surface area contributed by atoms with Crippen molar-refractivity contribution in [2.45, 2.75) is 76.9 Å². The van der Waals surface area contributed by atoms with Crippen molar-refractivity contribution in [3.63, 3.8) is 0 Å². The number of rotatable bonds is 23. The van der Waals surface area contributed by atoms with Gasteiger partial charge in [-0.05, 0) is 63.1 Å². The Bertz CT molecular complexity index is 2710. The number of hydrogen-bond acceptors (Lipinski definition) is 14. The van der Waals surface area contributed by atoms with Crippen LogP contribution in [-0.2, 0) is 42.4 Å². The van der Waals surface area contributed by atoms with Crippen LogP contribution in [0.15, 0.2) is 140 Å². The van der Waals surface area contributed by atoms with Gasteiger partial charge >= 0.3 is 11.9 Å². The van der Waals surface area contributed by atoms with Gasteiger partial charge in [0.1, 0.15) is 24.1 Å². The number of tetrazole rings is 1. The first-order chi connectivity index (χ1) is 33.0. The normalized spacial score (nSPS) is 12.2. The molecule has 7 aromatic rings. The number of aromatic nitrogens is 6. The maximum atomic E-state index is 13.7. The molecule has 0 aliphatic rings. The number of benzene rings is 5. The molecule has 7 rings (SSSR count). The molecule has 0 bridgehead atoms. The standard InChI is InChI=1S/C49H47ClN8O10/c1-3-4-26-43-51-46(50)45(48(60)67-34(2)66-44(59)27-16-23-40(68-58(63)64)33-65-57(61)62)55(43)32-35-28-30-36(31-29-35)41-24-14-15-25-42(41)47-52-53-54-56(47)49(37-17-8-5-9-18-37,38-19-10-6-11-20-38)39-21-12-7-13-22-39/h5-15,17-22,24-25,28-31,34,40H,3-4,16,23,26-27,32-33H2,1-2H3/t34?,40-/m1/s1. The second-order valence-electron chi connectivity index (χ2n) is 15.6. The Morgan fingerprint density at radius 2 is 1.35 bits per heavy atom. The van der Waals surface area contributed by atoms with Gasteiger partial charge in [0.2, 0.25) is 6.29 Å². The van der Waals surface area contributed by atoms with Gasteiger partial charge in [-0.15, -0.1) is 25.3 Å². The summed E-state index contributed by atoms with van der Waals surface area (Å²) in [7, 11) is 0. The summed E-state index contributed by atoms with van der Waals surface area (Å²) in [6.45, 7) is 2.90. The molecule has 0 aliphatic heterocycles. The highest BCUT2D eigenvalue weighted by atomic mass is 35.5. The van der Waals surface area contributed by atoms with Gasteiger partial charge in [-0.3, -0.25) is 4.79 Å². The van der Waals surface area contributed by atoms with Crippen LogP contribution >= 0.6 is 11.6 Å². The zero-order chi connectivity index (χ0) is 48.0. The Kier molecular flexibility index (Phi) is 15.8. The summed E-state index contributed by atoms with van der Waals surface area (Å²) in [5.41, 5.74) is 5.34. The fraction of sp³-hybridized carbons (Fsp3) is 0.265. The maximum absolute atomic E-state index is 13.7. The largest absolute Gasteiger partial charge is 0.425 e. The quantitative estimate of drug-likeness (QED) is 0.0192. The SMILES string of the molecule is CCCCc1nc(Cl)c(C(=O)OC(C)OC(=O)CCC[C@H](CO[N+](=O)[O-])O[N+](=O)[O-])n1Cc1ccc(-c2ccccc2-c2nnnn2C(c2ccccc2)(c2ccccc2)c2ccccc2)cc1. The van der Waals surface area contributed by atoms with Crippen LogP contribution in [0.5, 0.6) is 0 Å². The van der Waals surface area contributed by atoms with E-state index in [1.165, 1.54) is 6.92 Å². The van der Waals surface area contributed by atoms with Gasteiger partial charge in [-0.25, -0.2) is 14.5 Å². The number of carbonyl (C=O) groups excluding carboxylic acids is 2. The predicted molar refractivity (Wildman–Crippen MR) is 248 cm³/mol. The molecule has 0 amide bonds. The first-order valence-corrected chi connectivity index (χ1v) is 22.2. The third-order valence-electron chi connectivity index (χ3n) is 11.2. The average molecular weight is 943 g/mol. The second kappa shape index (κ2) is 22.5. The molecule has 0 N–H and O–H groups in total. The van der Waals surface area contributed by atoms with Gasteiger partial charge in [0.05, 0.1) is 0 Å². The van der Waals surface area contributed by atoms with E-state index in [9.17, 15) is 29.8 Å². The molecule has 1 unspecified atom stereocenters. The number of carbonyl (C=O) groups is 2. The summed E-state index contributed by atoms with van der Waals surface area (Å²) in [5, 5.41) is 32.7. The van der Waals surface area contributed by atoms with Crippen LogP contribution in [-0.4, -0.2) is 70.9 Å². The lowest BCUT2D eigenvalue weighted by Crippen LogP contribution is -2.39. The fourth-order valence-electron chi connectivity index (χ4n) is 8.13. The Balaban J connectivity index is 1.13. The maximum Gasteiger partial charge on any atom is 0.361 e. The highest BCUT2D eigenvalue weighted by Crippen LogP contribution is 2.43. The van der Waals surface area contributed by atoms with Crippen molar-refractivity contribution < 1.29 is 38.9 Å². The molecule has 2 heterocycles. The molecule has 19 heteroatoms. The lowest BCUT2D eigenvalue weighted by Gasteiger charge is -2.36. The van der Waals surface area contributed by atoms with E-state index in [0.29, 0.717) is 18.1 Å². The van der Waals surface area contributed by atoms with Crippen LogP contribution in [0.2, 0.25) is 5.15 Å². The smallest absolute Gasteiger partial charge is 0.361 e. The summed E-state index contributed by atoms with van der Waals surface area (Å²) in [4.78, 5) is 60.7. The van der Waals surface area contributed by atoms with Crippen molar-refractivity contribution in [2.75, 3.05) is 6.61 Å². The zero-order valence-corrected chi connectivity index (χ0v) is 37.9. The van der Waals surface area contributed by atoms with Crippen LogP contribution in [0.4, 0.5) is 0 Å². The number of halogens is 1. The minimum atomic E-state index is -1.35. The number of ether oxygens (including phenoxy) is 2. The molecule has 0 spiro atoms. The molecular weight excluding hydrogens is 896 g/mol. The van der Waals surface area contributed by atoms with E-state index < -0.39 is 46.7 Å². The monoisotopic (exact) mass is 942 g/mol. The first kappa shape index (κ1) is 48.0. The van der Waals surface area contributed by atoms with Crippen molar-refractivity contribution in [1.82, 2.24) is 29.8 Å². The van der Waals surface area contributed by atoms with Crippen molar-refractivity contribution in [1.29, 1.82) is 0 Å². The second-order valence-corrected chi connectivity index (χ2v) is 16.0. The van der Waals surface area contributed by atoms with Crippen molar-refractivity contribution >= 4 is 23.5 Å². The average Bonchev–Trinajstić information content (AvgIpc) is 3.95. The van der Waals surface area contributed by atoms with E-state index in [0.717, 1.165) is 51.8 Å². The molecule has 68 heavy (non-hydrogen) atoms. The molecular formula is C49H47ClN8O10. The van der Waals surface area contributed by atoms with Gasteiger partial charge in [0, 0.05) is 31.9 Å². The summed E-state index contributed by atoms with van der Waals surface area (Å²) in [6, 6.07) is 46.4. The summed E-state index contributed by atoms with van der Waals surface area (Å²) in [5.74, 6) is -0.539. The van der Waals surface area contributed by atoms with Crippen molar-refractivity contribution in [2.24, 2.45) is 0 Å². The molecule has 5 aromatic carbocycles. The number of nitrogens with zero attached hydrogens (tertiary/aromatic N) is 8. The third kappa shape index (κ3) is 11.2. The van der Waals surface area contributed by atoms with Crippen LogP contribution < -0.4 is 0 Å². The minimum absolute atomic E-state index is 0.000856. The van der Waals surface area contributed by atoms with Gasteiger partial charge in [-0.2, -0.15) is 0 Å². The third-order valence-corrected chi connectivity index (χ3v) is 11.4. The van der Waals surface area contributed by atoms with Gasteiger partial charge in [-0.1, -0.05) is 164 Å². The van der Waals surface area contributed by atoms with E-state index in [1.54, 1.807) is 4.57 Å². The van der Waals surface area contributed by atoms with E-state index in [-0.39, 0.29) is 36.7 Å². The summed E-state index contributed by atoms with van der Waals surface area (Å²) >= 11 is 6.62. The number of imidazole rings is 1. The highest BCUT2D eigenvalue weighted by molar-refractivity contribution is 6.32. The zero-order valence-electron chi connectivity index (χ0n) is 37.1. The van der Waals surface area contributed by atoms with Crippen molar-refractivity contribution in [3.8, 4) is 22.5 Å². The van der Waals surface area contributed by atoms with Crippen LogP contribution in [0.25, 0.3) is 22.5 Å². The number of esters is 2. The molecule has 0 saturated carbocycles. The van der Waals surface area contributed by atoms with Gasteiger partial charge < -0.3 is 23.7 Å². The van der Waals surface area contributed by atoms with Gasteiger partial charge in [0.15, 0.2) is 16.7 Å². The Morgan fingerprint density at radius 1 is 0.765 bits per heavy atom. The Morgan fingerprint density at radius 3 is 1.93 bits per heavy atom. The summed E-state index contributed by atoms with van der Waals surface area (Å²) < 4.78 is 14.4. The minimum Gasteiger partial charge on any atom is -0.425 e. The van der Waals surface area contributed by atoms with E-state index in [4.69, 9.17) is 26.3 Å². The molecule has 2 aromatic heterocycles. The predicted octanol–water partition coefficient (Wildman–Crippen LogP) is 9.09. The van der Waals surface area contributed by atoms with Crippen LogP contribution in [0.1, 0.15) is 84.5 Å². The topological polar surface area (TPSA) is 219 Å². The molecule has 0 aliphatic carbocycles. The first-order valence-electron chi connectivity index (χ1n) is 21.9. The van der Waals surface area contributed by atoms with E-state index >= 15 is 0 Å². The molecule has 0 fully saturated rings. The summed E-state index contributed by atoms with van der Waals surface area (Å²) in [6.07, 6.45) is -0.859. The fourth-order valence-corrected chi connectivity index (χ4v) is 8.40. The molecule has 350 valence electrons. The lowest BCUT2D eigenvalue weighted by molar-refractivity contribution is -0.790. The van der Waals surface area contributed by atoms with E-state index in [2.05, 4.69) is 61.4 Å².